The minimum absolute atomic E-state index is 0.285. The van der Waals surface area contributed by atoms with Crippen LogP contribution in [0.2, 0.25) is 0 Å². The Morgan fingerprint density at radius 2 is 1.60 bits per heavy atom. The summed E-state index contributed by atoms with van der Waals surface area (Å²) in [5.74, 6) is -1.16. The highest BCUT2D eigenvalue weighted by Crippen LogP contribution is 1.80. The number of methoxy groups -OCH3 is 1. The summed E-state index contributed by atoms with van der Waals surface area (Å²) >= 11 is 0. The van der Waals surface area contributed by atoms with E-state index in [1.165, 1.54) is 13.2 Å². The maximum absolute atomic E-state index is 10.3. The van der Waals surface area contributed by atoms with E-state index >= 15 is 0 Å². The number of carbonyl (C=O) groups is 2. The highest BCUT2D eigenvalue weighted by molar-refractivity contribution is 5.81. The SMILES string of the molecule is CCC=CC(=O)O.CCC=CC(=O)OC. The number of carboxylic acids is 1. The first-order valence-electron chi connectivity index (χ1n) is 4.72. The van der Waals surface area contributed by atoms with Gasteiger partial charge >= 0.3 is 11.9 Å². The van der Waals surface area contributed by atoms with E-state index in [1.807, 2.05) is 13.8 Å². The molecule has 0 aliphatic heterocycles. The highest BCUT2D eigenvalue weighted by Gasteiger charge is 1.85. The van der Waals surface area contributed by atoms with Crippen molar-refractivity contribution in [2.75, 3.05) is 7.11 Å². The van der Waals surface area contributed by atoms with Crippen LogP contribution in [0.15, 0.2) is 24.3 Å². The first-order chi connectivity index (χ1) is 7.08. The van der Waals surface area contributed by atoms with Crippen LogP contribution in [-0.2, 0) is 14.3 Å². The summed E-state index contributed by atoms with van der Waals surface area (Å²) in [6.07, 6.45) is 7.57. The Morgan fingerprint density at radius 3 is 1.87 bits per heavy atom. The first kappa shape index (κ1) is 15.9. The molecule has 0 bridgehead atoms. The summed E-state index contributed by atoms with van der Waals surface area (Å²) < 4.78 is 4.33. The topological polar surface area (TPSA) is 63.6 Å². The van der Waals surface area contributed by atoms with Gasteiger partial charge in [0, 0.05) is 12.2 Å². The van der Waals surface area contributed by atoms with E-state index in [9.17, 15) is 9.59 Å². The molecule has 0 aromatic heterocycles. The fourth-order valence-electron chi connectivity index (χ4n) is 0.501. The molecule has 0 atom stereocenters. The molecule has 0 unspecified atom stereocenters. The number of carboxylic acid groups (broad SMARTS) is 1. The van der Waals surface area contributed by atoms with Crippen LogP contribution in [0.4, 0.5) is 0 Å². The van der Waals surface area contributed by atoms with Crippen LogP contribution in [0.25, 0.3) is 0 Å². The summed E-state index contributed by atoms with van der Waals surface area (Å²) in [4.78, 5) is 19.9. The van der Waals surface area contributed by atoms with Crippen LogP contribution in [0.3, 0.4) is 0 Å². The second-order valence-electron chi connectivity index (χ2n) is 2.48. The van der Waals surface area contributed by atoms with Gasteiger partial charge in [-0.15, -0.1) is 0 Å². The highest BCUT2D eigenvalue weighted by atomic mass is 16.5. The van der Waals surface area contributed by atoms with Gasteiger partial charge in [0.05, 0.1) is 7.11 Å². The standard InChI is InChI=1S/C6H10O2.C5H8O2/c1-3-4-5-6(7)8-2;1-2-3-4-5(6)7/h4-5H,3H2,1-2H3;3-4H,2H2,1H3,(H,6,7). The molecule has 0 fully saturated rings. The molecule has 0 radical (unpaired) electrons. The molecule has 0 aliphatic rings. The minimum Gasteiger partial charge on any atom is -0.478 e. The molecule has 1 N–H and O–H groups in total. The van der Waals surface area contributed by atoms with Gasteiger partial charge in [-0.05, 0) is 12.8 Å². The van der Waals surface area contributed by atoms with Crippen molar-refractivity contribution in [1.82, 2.24) is 0 Å². The number of aliphatic carboxylic acids is 1. The van der Waals surface area contributed by atoms with Crippen molar-refractivity contribution in [2.24, 2.45) is 0 Å². The normalized spacial score (nSPS) is 9.80. The maximum atomic E-state index is 10.3. The monoisotopic (exact) mass is 214 g/mol. The number of esters is 1. The average Bonchev–Trinajstić information content (AvgIpc) is 2.23. The molecule has 0 aromatic rings. The zero-order valence-electron chi connectivity index (χ0n) is 9.40. The van der Waals surface area contributed by atoms with Gasteiger partial charge < -0.3 is 9.84 Å². The van der Waals surface area contributed by atoms with Gasteiger partial charge in [0.25, 0.3) is 0 Å². The van der Waals surface area contributed by atoms with Crippen LogP contribution in [0.5, 0.6) is 0 Å². The van der Waals surface area contributed by atoms with E-state index < -0.39 is 5.97 Å². The fraction of sp³-hybridized carbons (Fsp3) is 0.455. The van der Waals surface area contributed by atoms with Crippen molar-refractivity contribution in [1.29, 1.82) is 0 Å². The summed E-state index contributed by atoms with van der Waals surface area (Å²) in [6.45, 7) is 3.85. The Labute approximate surface area is 90.2 Å². The molecule has 0 spiro atoms. The molecule has 0 aliphatic carbocycles. The van der Waals surface area contributed by atoms with Gasteiger partial charge in [-0.25, -0.2) is 9.59 Å². The molecule has 86 valence electrons. The summed E-state index contributed by atoms with van der Waals surface area (Å²) in [6, 6.07) is 0. The number of ether oxygens (including phenoxy) is 1. The summed E-state index contributed by atoms with van der Waals surface area (Å²) in [7, 11) is 1.36. The van der Waals surface area contributed by atoms with Crippen molar-refractivity contribution in [2.45, 2.75) is 26.7 Å². The third-order valence-corrected chi connectivity index (χ3v) is 1.19. The number of rotatable bonds is 4. The first-order valence-corrected chi connectivity index (χ1v) is 4.72. The quantitative estimate of drug-likeness (QED) is 0.575. The number of carbonyl (C=O) groups excluding carboxylic acids is 1. The molecular formula is C11H18O4. The molecule has 0 saturated heterocycles. The number of hydrogen-bond acceptors (Lipinski definition) is 3. The molecule has 0 heterocycles. The van der Waals surface area contributed by atoms with E-state index in [1.54, 1.807) is 12.2 Å². The van der Waals surface area contributed by atoms with Gasteiger partial charge in [-0.1, -0.05) is 26.0 Å². The molecule has 0 rings (SSSR count). The molecule has 15 heavy (non-hydrogen) atoms. The van der Waals surface area contributed by atoms with Crippen LogP contribution in [0.1, 0.15) is 26.7 Å². The van der Waals surface area contributed by atoms with Crippen molar-refractivity contribution in [3.05, 3.63) is 24.3 Å². The summed E-state index contributed by atoms with van der Waals surface area (Å²) in [5.41, 5.74) is 0. The Balaban J connectivity index is 0. The van der Waals surface area contributed by atoms with E-state index in [0.29, 0.717) is 0 Å². The zero-order chi connectivity index (χ0) is 12.1. The molecule has 0 amide bonds. The Hall–Kier alpha value is -1.58. The van der Waals surface area contributed by atoms with Crippen LogP contribution >= 0.6 is 0 Å². The largest absolute Gasteiger partial charge is 0.478 e. The minimum atomic E-state index is -0.873. The molecule has 0 saturated carbocycles. The van der Waals surface area contributed by atoms with Gasteiger partial charge in [-0.3, -0.25) is 0 Å². The smallest absolute Gasteiger partial charge is 0.330 e. The number of hydrogen-bond donors (Lipinski definition) is 1. The second-order valence-corrected chi connectivity index (χ2v) is 2.48. The lowest BCUT2D eigenvalue weighted by atomic mass is 10.4. The third kappa shape index (κ3) is 19.0. The van der Waals surface area contributed by atoms with Gasteiger partial charge in [0.2, 0.25) is 0 Å². The van der Waals surface area contributed by atoms with Gasteiger partial charge in [0.15, 0.2) is 0 Å². The Bertz CT molecular complexity index is 229. The predicted octanol–water partition coefficient (Wildman–Crippen LogP) is 2.16. The Kier molecular flexibility index (Phi) is 13.1. The van der Waals surface area contributed by atoms with Gasteiger partial charge in [-0.2, -0.15) is 0 Å². The van der Waals surface area contributed by atoms with Crippen LogP contribution in [0, 0.1) is 0 Å². The van der Waals surface area contributed by atoms with Gasteiger partial charge in [0.1, 0.15) is 0 Å². The van der Waals surface area contributed by atoms with E-state index in [4.69, 9.17) is 5.11 Å². The second kappa shape index (κ2) is 12.4. The van der Waals surface area contributed by atoms with Crippen molar-refractivity contribution in [3.63, 3.8) is 0 Å². The lowest BCUT2D eigenvalue weighted by Crippen LogP contribution is -1.92. The fourth-order valence-corrected chi connectivity index (χ4v) is 0.501. The van der Waals surface area contributed by atoms with Crippen molar-refractivity contribution < 1.29 is 19.4 Å². The molecule has 4 heteroatoms. The lowest BCUT2D eigenvalue weighted by Gasteiger charge is -1.86. The molecule has 4 nitrogen and oxygen atoms in total. The number of allylic oxidation sites excluding steroid dienone is 2. The van der Waals surface area contributed by atoms with Crippen molar-refractivity contribution in [3.8, 4) is 0 Å². The van der Waals surface area contributed by atoms with E-state index in [0.717, 1.165) is 18.9 Å². The van der Waals surface area contributed by atoms with E-state index in [2.05, 4.69) is 4.74 Å². The summed E-state index contributed by atoms with van der Waals surface area (Å²) in [5, 5.41) is 7.96. The van der Waals surface area contributed by atoms with Crippen LogP contribution in [-0.4, -0.2) is 24.2 Å². The Morgan fingerprint density at radius 1 is 1.13 bits per heavy atom. The zero-order valence-corrected chi connectivity index (χ0v) is 9.40. The lowest BCUT2D eigenvalue weighted by molar-refractivity contribution is -0.135. The van der Waals surface area contributed by atoms with E-state index in [-0.39, 0.29) is 5.97 Å². The average molecular weight is 214 g/mol. The predicted molar refractivity (Wildman–Crippen MR) is 58.5 cm³/mol. The maximum Gasteiger partial charge on any atom is 0.330 e. The molecule has 0 aromatic carbocycles. The van der Waals surface area contributed by atoms with Crippen LogP contribution < -0.4 is 0 Å². The third-order valence-electron chi connectivity index (χ3n) is 1.19. The molecular weight excluding hydrogens is 196 g/mol. The van der Waals surface area contributed by atoms with Crippen molar-refractivity contribution >= 4 is 11.9 Å².